The van der Waals surface area contributed by atoms with E-state index in [9.17, 15) is 9.18 Å². The standard InChI is InChI=1S/C17H23BrFN3O2/c1-10-21-14-12(19)7-11(18)8-13(14)22(10)17(5,6)9-20-15(23)24-16(2,3)4/h7-8H,9H2,1-6H3,(H,20,23). The predicted molar refractivity (Wildman–Crippen MR) is 95.7 cm³/mol. The van der Waals surface area contributed by atoms with Crippen LogP contribution in [0.1, 0.15) is 40.4 Å². The molecule has 0 fully saturated rings. The number of amides is 1. The molecule has 7 heteroatoms. The molecule has 1 N–H and O–H groups in total. The van der Waals surface area contributed by atoms with Gasteiger partial charge in [-0.1, -0.05) is 15.9 Å². The van der Waals surface area contributed by atoms with Crippen molar-refractivity contribution in [2.45, 2.75) is 52.7 Å². The number of aromatic nitrogens is 2. The monoisotopic (exact) mass is 399 g/mol. The maximum Gasteiger partial charge on any atom is 0.407 e. The lowest BCUT2D eigenvalue weighted by Gasteiger charge is -2.30. The molecule has 0 aliphatic heterocycles. The molecule has 5 nitrogen and oxygen atoms in total. The molecular weight excluding hydrogens is 377 g/mol. The van der Waals surface area contributed by atoms with Crippen LogP contribution in [0.3, 0.4) is 0 Å². The smallest absolute Gasteiger partial charge is 0.407 e. The van der Waals surface area contributed by atoms with Crippen LogP contribution in [0.2, 0.25) is 0 Å². The molecule has 1 heterocycles. The topological polar surface area (TPSA) is 56.2 Å². The van der Waals surface area contributed by atoms with E-state index in [1.54, 1.807) is 0 Å². The van der Waals surface area contributed by atoms with E-state index < -0.39 is 17.2 Å². The number of nitrogens with zero attached hydrogens (tertiary/aromatic N) is 2. The van der Waals surface area contributed by atoms with Gasteiger partial charge in [-0.3, -0.25) is 0 Å². The number of aryl methyl sites for hydroxylation is 1. The number of alkyl carbamates (subject to hydrolysis) is 1. The van der Waals surface area contributed by atoms with Crippen molar-refractivity contribution in [2.75, 3.05) is 6.54 Å². The van der Waals surface area contributed by atoms with Crippen LogP contribution >= 0.6 is 15.9 Å². The van der Waals surface area contributed by atoms with Crippen LogP contribution in [0, 0.1) is 12.7 Å². The zero-order valence-corrected chi connectivity index (χ0v) is 16.4. The van der Waals surface area contributed by atoms with E-state index in [1.165, 1.54) is 6.07 Å². The van der Waals surface area contributed by atoms with Crippen molar-refractivity contribution in [3.63, 3.8) is 0 Å². The third-order valence-corrected chi connectivity index (χ3v) is 3.97. The molecule has 0 saturated carbocycles. The summed E-state index contributed by atoms with van der Waals surface area (Å²) in [5.41, 5.74) is -0.0700. The van der Waals surface area contributed by atoms with Gasteiger partial charge in [-0.2, -0.15) is 0 Å². The minimum absolute atomic E-state index is 0.320. The van der Waals surface area contributed by atoms with Crippen LogP contribution in [0.15, 0.2) is 16.6 Å². The van der Waals surface area contributed by atoms with E-state index in [1.807, 2.05) is 52.2 Å². The van der Waals surface area contributed by atoms with Crippen LogP contribution < -0.4 is 5.32 Å². The Hall–Kier alpha value is -1.63. The van der Waals surface area contributed by atoms with Gasteiger partial charge in [0.2, 0.25) is 0 Å². The van der Waals surface area contributed by atoms with Crippen molar-refractivity contribution in [1.29, 1.82) is 0 Å². The summed E-state index contributed by atoms with van der Waals surface area (Å²) in [5, 5.41) is 2.77. The van der Waals surface area contributed by atoms with Crippen LogP contribution in [-0.4, -0.2) is 27.8 Å². The Morgan fingerprint density at radius 2 is 1.96 bits per heavy atom. The highest BCUT2D eigenvalue weighted by atomic mass is 79.9. The molecule has 0 spiro atoms. The molecule has 24 heavy (non-hydrogen) atoms. The first-order valence-electron chi connectivity index (χ1n) is 7.72. The fourth-order valence-corrected chi connectivity index (χ4v) is 3.08. The first kappa shape index (κ1) is 18.7. The van der Waals surface area contributed by atoms with Crippen molar-refractivity contribution in [1.82, 2.24) is 14.9 Å². The molecule has 132 valence electrons. The van der Waals surface area contributed by atoms with Gasteiger partial charge in [-0.05, 0) is 53.7 Å². The largest absolute Gasteiger partial charge is 0.444 e. The second-order valence-electron chi connectivity index (χ2n) is 7.42. The molecule has 0 unspecified atom stereocenters. The van der Waals surface area contributed by atoms with Gasteiger partial charge >= 0.3 is 6.09 Å². The number of imidazole rings is 1. The van der Waals surface area contributed by atoms with Crippen LogP contribution in [-0.2, 0) is 10.3 Å². The fourth-order valence-electron chi connectivity index (χ4n) is 2.67. The van der Waals surface area contributed by atoms with Crippen LogP contribution in [0.5, 0.6) is 0 Å². The highest BCUT2D eigenvalue weighted by Crippen LogP contribution is 2.29. The Bertz CT molecular complexity index is 778. The van der Waals surface area contributed by atoms with E-state index in [0.717, 1.165) is 0 Å². The van der Waals surface area contributed by atoms with Crippen molar-refractivity contribution >= 4 is 33.1 Å². The quantitative estimate of drug-likeness (QED) is 0.825. The van der Waals surface area contributed by atoms with Gasteiger partial charge in [0.1, 0.15) is 16.9 Å². The lowest BCUT2D eigenvalue weighted by Crippen LogP contribution is -2.43. The minimum atomic E-state index is -0.556. The van der Waals surface area contributed by atoms with Crippen LogP contribution in [0.25, 0.3) is 11.0 Å². The molecule has 0 saturated heterocycles. The summed E-state index contributed by atoms with van der Waals surface area (Å²) in [6.07, 6.45) is -0.481. The number of fused-ring (bicyclic) bond motifs is 1. The zero-order chi connectivity index (χ0) is 18.3. The average Bonchev–Trinajstić information content (AvgIpc) is 2.72. The van der Waals surface area contributed by atoms with Crippen molar-refractivity contribution < 1.29 is 13.9 Å². The number of benzene rings is 1. The minimum Gasteiger partial charge on any atom is -0.444 e. The molecular formula is C17H23BrFN3O2. The molecule has 1 aromatic heterocycles. The molecule has 0 aliphatic rings. The number of hydrogen-bond acceptors (Lipinski definition) is 3. The predicted octanol–water partition coefficient (Wildman–Crippen LogP) is 4.51. The van der Waals surface area contributed by atoms with E-state index in [0.29, 0.717) is 27.9 Å². The molecule has 2 aromatic rings. The summed E-state index contributed by atoms with van der Waals surface area (Å²) in [6.45, 7) is 11.5. The highest BCUT2D eigenvalue weighted by molar-refractivity contribution is 9.10. The molecule has 0 aliphatic carbocycles. The number of carbonyl (C=O) groups excluding carboxylic acids is 1. The van der Waals surface area contributed by atoms with E-state index in [4.69, 9.17) is 4.74 Å². The summed E-state index contributed by atoms with van der Waals surface area (Å²) in [5.74, 6) is 0.301. The fraction of sp³-hybridized carbons (Fsp3) is 0.529. The summed E-state index contributed by atoms with van der Waals surface area (Å²) in [7, 11) is 0. The SMILES string of the molecule is Cc1nc2c(F)cc(Br)cc2n1C(C)(C)CNC(=O)OC(C)(C)C. The first-order chi connectivity index (χ1) is 10.9. The van der Waals surface area contributed by atoms with E-state index in [2.05, 4.69) is 26.2 Å². The van der Waals surface area contributed by atoms with E-state index >= 15 is 0 Å². The van der Waals surface area contributed by atoms with Gasteiger partial charge in [-0.25, -0.2) is 14.2 Å². The van der Waals surface area contributed by atoms with Gasteiger partial charge < -0.3 is 14.6 Å². The lowest BCUT2D eigenvalue weighted by molar-refractivity contribution is 0.0508. The first-order valence-corrected chi connectivity index (χ1v) is 8.51. The van der Waals surface area contributed by atoms with Crippen LogP contribution in [0.4, 0.5) is 9.18 Å². The molecule has 1 aromatic carbocycles. The average molecular weight is 400 g/mol. The lowest BCUT2D eigenvalue weighted by atomic mass is 10.0. The molecule has 0 radical (unpaired) electrons. The number of hydrogen-bond donors (Lipinski definition) is 1. The number of rotatable bonds is 3. The van der Waals surface area contributed by atoms with Gasteiger partial charge in [0.05, 0.1) is 11.1 Å². The summed E-state index contributed by atoms with van der Waals surface area (Å²) in [6, 6.07) is 3.22. The Kier molecular flexibility index (Phi) is 4.95. The van der Waals surface area contributed by atoms with Gasteiger partial charge in [0, 0.05) is 11.0 Å². The molecule has 0 atom stereocenters. The maximum absolute atomic E-state index is 14.1. The Balaban J connectivity index is 2.31. The summed E-state index contributed by atoms with van der Waals surface area (Å²) < 4.78 is 22.0. The van der Waals surface area contributed by atoms with Crippen molar-refractivity contribution in [3.05, 3.63) is 28.2 Å². The Morgan fingerprint density at radius 1 is 1.33 bits per heavy atom. The Labute approximate surface area is 149 Å². The normalized spacial score (nSPS) is 12.5. The molecule has 1 amide bonds. The second kappa shape index (κ2) is 6.35. The number of nitrogens with one attached hydrogen (secondary N) is 1. The van der Waals surface area contributed by atoms with Crippen molar-refractivity contribution in [3.8, 4) is 0 Å². The number of ether oxygens (including phenoxy) is 1. The number of halogens is 2. The third-order valence-electron chi connectivity index (χ3n) is 3.52. The second-order valence-corrected chi connectivity index (χ2v) is 8.33. The maximum atomic E-state index is 14.1. The van der Waals surface area contributed by atoms with Gasteiger partial charge in [0.25, 0.3) is 0 Å². The van der Waals surface area contributed by atoms with Gasteiger partial charge in [0.15, 0.2) is 5.82 Å². The number of carbonyl (C=O) groups is 1. The van der Waals surface area contributed by atoms with Gasteiger partial charge in [-0.15, -0.1) is 0 Å². The Morgan fingerprint density at radius 3 is 2.54 bits per heavy atom. The summed E-state index contributed by atoms with van der Waals surface area (Å²) in [4.78, 5) is 16.2. The third kappa shape index (κ3) is 4.06. The molecule has 2 rings (SSSR count). The molecule has 0 bridgehead atoms. The van der Waals surface area contributed by atoms with E-state index in [-0.39, 0.29) is 5.82 Å². The summed E-state index contributed by atoms with van der Waals surface area (Å²) >= 11 is 3.32. The van der Waals surface area contributed by atoms with Crippen molar-refractivity contribution in [2.24, 2.45) is 0 Å². The zero-order valence-electron chi connectivity index (χ0n) is 14.8. The highest BCUT2D eigenvalue weighted by Gasteiger charge is 2.27.